The summed E-state index contributed by atoms with van der Waals surface area (Å²) >= 11 is 0. The Hall–Kier alpha value is -2.56. The number of hydrogen-bond donors (Lipinski definition) is 1. The maximum atomic E-state index is 15.3. The molecule has 1 aliphatic rings. The Morgan fingerprint density at radius 2 is 1.87 bits per heavy atom. The predicted molar refractivity (Wildman–Crippen MR) is 99.0 cm³/mol. The van der Waals surface area contributed by atoms with Gasteiger partial charge in [-0.15, -0.1) is 0 Å². The number of halogens is 4. The second kappa shape index (κ2) is 7.93. The molecule has 30 heavy (non-hydrogen) atoms. The molecule has 0 saturated heterocycles. The number of amides is 1. The first-order chi connectivity index (χ1) is 13.9. The topological polar surface area (TPSA) is 89.0 Å². The first kappa shape index (κ1) is 22.1. The van der Waals surface area contributed by atoms with E-state index in [-0.39, 0.29) is 30.6 Å². The first-order valence-corrected chi connectivity index (χ1v) is 10.6. The normalized spacial score (nSPS) is 22.5. The lowest BCUT2D eigenvalue weighted by atomic mass is 9.93. The fourth-order valence-electron chi connectivity index (χ4n) is 3.34. The molecule has 0 aliphatic heterocycles. The minimum absolute atomic E-state index is 0.0184. The van der Waals surface area contributed by atoms with E-state index in [1.807, 2.05) is 0 Å². The van der Waals surface area contributed by atoms with Gasteiger partial charge in [-0.25, -0.2) is 22.8 Å². The SMILES string of the molecule is Cc1cccc(S(=O)(=O)C2(F)CCC(NC(=O)c3ccnc(C(F)(F)F)n3)CC2)c1. The van der Waals surface area contributed by atoms with E-state index in [0.29, 0.717) is 5.56 Å². The molecular formula is C19H19F4N3O3S. The second-order valence-electron chi connectivity index (χ2n) is 7.21. The van der Waals surface area contributed by atoms with Crippen molar-refractivity contribution in [2.24, 2.45) is 0 Å². The average molecular weight is 445 g/mol. The van der Waals surface area contributed by atoms with E-state index < -0.39 is 44.5 Å². The molecule has 0 bridgehead atoms. The summed E-state index contributed by atoms with van der Waals surface area (Å²) < 4.78 is 78.9. The molecule has 0 spiro atoms. The molecule has 1 aliphatic carbocycles. The highest BCUT2D eigenvalue weighted by Gasteiger charge is 2.48. The summed E-state index contributed by atoms with van der Waals surface area (Å²) in [6.07, 6.45) is -4.61. The second-order valence-corrected chi connectivity index (χ2v) is 9.42. The largest absolute Gasteiger partial charge is 0.451 e. The number of carbonyl (C=O) groups is 1. The van der Waals surface area contributed by atoms with E-state index in [4.69, 9.17) is 0 Å². The van der Waals surface area contributed by atoms with Crippen LogP contribution in [0.25, 0.3) is 0 Å². The molecular weight excluding hydrogens is 426 g/mol. The van der Waals surface area contributed by atoms with Crippen LogP contribution in [-0.2, 0) is 16.0 Å². The lowest BCUT2D eigenvalue weighted by Gasteiger charge is -2.33. The summed E-state index contributed by atoms with van der Waals surface area (Å²) in [4.78, 5) is 18.4. The molecule has 1 saturated carbocycles. The van der Waals surface area contributed by atoms with Crippen LogP contribution in [0.1, 0.15) is 47.6 Å². The zero-order valence-electron chi connectivity index (χ0n) is 15.9. The van der Waals surface area contributed by atoms with Crippen LogP contribution >= 0.6 is 0 Å². The molecule has 1 heterocycles. The molecule has 1 N–H and O–H groups in total. The summed E-state index contributed by atoms with van der Waals surface area (Å²) in [5.41, 5.74) is 0.213. The number of nitrogens with zero attached hydrogens (tertiary/aromatic N) is 2. The van der Waals surface area contributed by atoms with Crippen molar-refractivity contribution in [3.05, 3.63) is 53.6 Å². The summed E-state index contributed by atoms with van der Waals surface area (Å²) in [5.74, 6) is -2.30. The Bertz CT molecular complexity index is 1050. The zero-order chi connectivity index (χ0) is 22.2. The van der Waals surface area contributed by atoms with Crippen LogP contribution in [-0.4, -0.2) is 35.3 Å². The van der Waals surface area contributed by atoms with Gasteiger partial charge in [0.1, 0.15) is 5.69 Å². The number of alkyl halides is 4. The van der Waals surface area contributed by atoms with Gasteiger partial charge in [0.2, 0.25) is 20.7 Å². The molecule has 0 atom stereocenters. The van der Waals surface area contributed by atoms with E-state index in [2.05, 4.69) is 15.3 Å². The minimum Gasteiger partial charge on any atom is -0.348 e. The maximum absolute atomic E-state index is 15.3. The summed E-state index contributed by atoms with van der Waals surface area (Å²) in [6.45, 7) is 1.70. The van der Waals surface area contributed by atoms with Gasteiger partial charge < -0.3 is 5.32 Å². The molecule has 0 radical (unpaired) electrons. The molecule has 1 aromatic carbocycles. The third kappa shape index (κ3) is 4.45. The van der Waals surface area contributed by atoms with Crippen LogP contribution in [0.4, 0.5) is 17.6 Å². The van der Waals surface area contributed by atoms with E-state index in [1.165, 1.54) is 18.2 Å². The molecule has 0 unspecified atom stereocenters. The van der Waals surface area contributed by atoms with Crippen molar-refractivity contribution < 1.29 is 30.8 Å². The van der Waals surface area contributed by atoms with Gasteiger partial charge in [-0.05, 0) is 56.4 Å². The molecule has 2 aromatic rings. The van der Waals surface area contributed by atoms with Gasteiger partial charge in [0.15, 0.2) is 0 Å². The third-order valence-electron chi connectivity index (χ3n) is 4.99. The van der Waals surface area contributed by atoms with Crippen molar-refractivity contribution in [1.29, 1.82) is 0 Å². The Morgan fingerprint density at radius 3 is 2.47 bits per heavy atom. The molecule has 6 nitrogen and oxygen atoms in total. The van der Waals surface area contributed by atoms with Crippen molar-refractivity contribution in [1.82, 2.24) is 15.3 Å². The summed E-state index contributed by atoms with van der Waals surface area (Å²) in [5, 5.41) is 0.0220. The number of carbonyl (C=O) groups excluding carboxylic acids is 1. The van der Waals surface area contributed by atoms with Crippen molar-refractivity contribution in [3.8, 4) is 0 Å². The number of hydrogen-bond acceptors (Lipinski definition) is 5. The number of aryl methyl sites for hydroxylation is 1. The molecule has 1 fully saturated rings. The lowest BCUT2D eigenvalue weighted by Crippen LogP contribution is -2.45. The monoisotopic (exact) mass is 445 g/mol. The summed E-state index contributed by atoms with van der Waals surface area (Å²) in [6, 6.07) is 6.43. The van der Waals surface area contributed by atoms with Crippen LogP contribution < -0.4 is 5.32 Å². The lowest BCUT2D eigenvalue weighted by molar-refractivity contribution is -0.145. The van der Waals surface area contributed by atoms with Crippen LogP contribution in [0.15, 0.2) is 41.4 Å². The van der Waals surface area contributed by atoms with Crippen LogP contribution in [0.3, 0.4) is 0 Å². The first-order valence-electron chi connectivity index (χ1n) is 9.14. The fourth-order valence-corrected chi connectivity index (χ4v) is 5.13. The van der Waals surface area contributed by atoms with E-state index in [1.54, 1.807) is 13.0 Å². The average Bonchev–Trinajstić information content (AvgIpc) is 2.69. The summed E-state index contributed by atoms with van der Waals surface area (Å²) in [7, 11) is -4.24. The number of rotatable bonds is 4. The van der Waals surface area contributed by atoms with Crippen molar-refractivity contribution in [3.63, 3.8) is 0 Å². The van der Waals surface area contributed by atoms with Gasteiger partial charge >= 0.3 is 6.18 Å². The van der Waals surface area contributed by atoms with Crippen molar-refractivity contribution in [2.45, 2.75) is 54.7 Å². The van der Waals surface area contributed by atoms with Gasteiger partial charge in [-0.1, -0.05) is 12.1 Å². The standard InChI is InChI=1S/C19H19F4N3O3S/c1-12-3-2-4-14(11-12)30(28,29)18(20)8-5-13(6-9-18)25-16(27)15-7-10-24-17(26-15)19(21,22)23/h2-4,7,10-11,13H,5-6,8-9H2,1H3,(H,25,27). The molecule has 1 amide bonds. The quantitative estimate of drug-likeness (QED) is 0.727. The maximum Gasteiger partial charge on any atom is 0.451 e. The fraction of sp³-hybridized carbons (Fsp3) is 0.421. The minimum atomic E-state index is -4.79. The number of sulfone groups is 1. The number of benzene rings is 1. The van der Waals surface area contributed by atoms with Gasteiger partial charge in [-0.2, -0.15) is 13.2 Å². The molecule has 3 rings (SSSR count). The Morgan fingerprint density at radius 1 is 1.20 bits per heavy atom. The number of nitrogens with one attached hydrogen (secondary N) is 1. The van der Waals surface area contributed by atoms with E-state index in [0.717, 1.165) is 12.3 Å². The highest BCUT2D eigenvalue weighted by molar-refractivity contribution is 7.92. The molecule has 11 heteroatoms. The Kier molecular flexibility index (Phi) is 5.85. The zero-order valence-corrected chi connectivity index (χ0v) is 16.7. The molecule has 162 valence electrons. The third-order valence-corrected chi connectivity index (χ3v) is 7.24. The molecule has 1 aromatic heterocycles. The predicted octanol–water partition coefficient (Wildman–Crippen LogP) is 3.62. The highest BCUT2D eigenvalue weighted by atomic mass is 32.2. The van der Waals surface area contributed by atoms with E-state index >= 15 is 4.39 Å². The van der Waals surface area contributed by atoms with Gasteiger partial charge in [0, 0.05) is 12.2 Å². The number of aromatic nitrogens is 2. The Balaban J connectivity index is 1.68. The van der Waals surface area contributed by atoms with Crippen molar-refractivity contribution in [2.75, 3.05) is 0 Å². The van der Waals surface area contributed by atoms with Gasteiger partial charge in [0.05, 0.1) is 4.90 Å². The van der Waals surface area contributed by atoms with Crippen molar-refractivity contribution >= 4 is 15.7 Å². The smallest absolute Gasteiger partial charge is 0.348 e. The van der Waals surface area contributed by atoms with Crippen LogP contribution in [0.5, 0.6) is 0 Å². The highest BCUT2D eigenvalue weighted by Crippen LogP contribution is 2.40. The van der Waals surface area contributed by atoms with E-state index in [9.17, 15) is 26.4 Å². The van der Waals surface area contributed by atoms with Gasteiger partial charge in [-0.3, -0.25) is 4.79 Å². The van der Waals surface area contributed by atoms with Gasteiger partial charge in [0.25, 0.3) is 5.91 Å². The Labute approximate surface area is 170 Å². The van der Waals surface area contributed by atoms with Crippen LogP contribution in [0.2, 0.25) is 0 Å². The van der Waals surface area contributed by atoms with Crippen LogP contribution in [0, 0.1) is 6.92 Å².